The van der Waals surface area contributed by atoms with Crippen molar-refractivity contribution < 1.29 is 10.0 Å². The molecule has 2 N–H and O–H groups in total. The zero-order valence-corrected chi connectivity index (χ0v) is 11.7. The van der Waals surface area contributed by atoms with E-state index in [2.05, 4.69) is 26.5 Å². The minimum Gasteiger partial charge on any atom is -0.502 e. The van der Waals surface area contributed by atoms with Gasteiger partial charge in [0.25, 0.3) is 0 Å². The maximum absolute atomic E-state index is 10.8. The van der Waals surface area contributed by atoms with Gasteiger partial charge in [0.2, 0.25) is 5.75 Å². The molecule has 2 aromatic carbocycles. The lowest BCUT2D eigenvalue weighted by atomic mass is 10.2. The molecule has 0 fully saturated rings. The summed E-state index contributed by atoms with van der Waals surface area (Å²) in [6.45, 7) is 0. The van der Waals surface area contributed by atoms with E-state index in [0.29, 0.717) is 4.47 Å². The van der Waals surface area contributed by atoms with E-state index in [1.54, 1.807) is 6.07 Å². The second-order valence-corrected chi connectivity index (χ2v) is 4.77. The van der Waals surface area contributed by atoms with Crippen molar-refractivity contribution in [1.82, 2.24) is 0 Å². The Morgan fingerprint density at radius 1 is 1.30 bits per heavy atom. The molecule has 0 radical (unpaired) electrons. The van der Waals surface area contributed by atoms with Crippen molar-refractivity contribution in [3.05, 3.63) is 62.6 Å². The topological polar surface area (TPSA) is 87.8 Å². The smallest absolute Gasteiger partial charge is 0.312 e. The summed E-state index contributed by atoms with van der Waals surface area (Å²) in [4.78, 5) is 10.1. The van der Waals surface area contributed by atoms with Crippen molar-refractivity contribution in [1.29, 1.82) is 0 Å². The lowest BCUT2D eigenvalue weighted by Crippen LogP contribution is -1.94. The number of hydrazone groups is 1. The zero-order valence-electron chi connectivity index (χ0n) is 10.2. The average molecular weight is 336 g/mol. The Morgan fingerprint density at radius 3 is 2.65 bits per heavy atom. The van der Waals surface area contributed by atoms with Gasteiger partial charge in [-0.3, -0.25) is 15.5 Å². The van der Waals surface area contributed by atoms with Crippen molar-refractivity contribution in [2.45, 2.75) is 0 Å². The number of phenols is 1. The number of hydrogen-bond acceptors (Lipinski definition) is 5. The zero-order chi connectivity index (χ0) is 14.5. The molecule has 0 amide bonds. The summed E-state index contributed by atoms with van der Waals surface area (Å²) in [7, 11) is 0. The molecule has 2 aromatic rings. The van der Waals surface area contributed by atoms with E-state index >= 15 is 0 Å². The maximum Gasteiger partial charge on any atom is 0.312 e. The fourth-order valence-electron chi connectivity index (χ4n) is 1.53. The highest BCUT2D eigenvalue weighted by Crippen LogP contribution is 2.32. The predicted molar refractivity (Wildman–Crippen MR) is 80.1 cm³/mol. The third-order valence-electron chi connectivity index (χ3n) is 2.45. The number of benzene rings is 2. The van der Waals surface area contributed by atoms with E-state index in [0.717, 1.165) is 5.69 Å². The Morgan fingerprint density at radius 2 is 2.00 bits per heavy atom. The number of hydrogen-bond donors (Lipinski definition) is 2. The molecule has 6 nitrogen and oxygen atoms in total. The van der Waals surface area contributed by atoms with Crippen LogP contribution in [0.4, 0.5) is 11.4 Å². The van der Waals surface area contributed by atoms with Gasteiger partial charge in [-0.15, -0.1) is 0 Å². The van der Waals surface area contributed by atoms with E-state index in [4.69, 9.17) is 0 Å². The molecular weight excluding hydrogens is 326 g/mol. The Hall–Kier alpha value is -2.41. The second kappa shape index (κ2) is 6.16. The Labute approximate surface area is 123 Å². The number of nitro benzene ring substituents is 1. The first-order chi connectivity index (χ1) is 9.58. The highest BCUT2D eigenvalue weighted by atomic mass is 79.9. The molecule has 0 aromatic heterocycles. The van der Waals surface area contributed by atoms with Crippen LogP contribution in [0.15, 0.2) is 52.0 Å². The molecule has 102 valence electrons. The van der Waals surface area contributed by atoms with Gasteiger partial charge in [0, 0.05) is 16.1 Å². The van der Waals surface area contributed by atoms with E-state index in [9.17, 15) is 15.2 Å². The minimum absolute atomic E-state index is 0.245. The van der Waals surface area contributed by atoms with Gasteiger partial charge in [0.15, 0.2) is 0 Å². The predicted octanol–water partition coefficient (Wildman–Crippen LogP) is 3.51. The minimum atomic E-state index is -0.651. The second-order valence-electron chi connectivity index (χ2n) is 3.86. The third kappa shape index (κ3) is 3.33. The van der Waals surface area contributed by atoms with Crippen molar-refractivity contribution in [2.24, 2.45) is 5.10 Å². The molecule has 20 heavy (non-hydrogen) atoms. The average Bonchev–Trinajstić information content (AvgIpc) is 2.43. The number of nitrogens with one attached hydrogen (secondary N) is 1. The summed E-state index contributed by atoms with van der Waals surface area (Å²) in [6.07, 6.45) is 1.32. The Bertz CT molecular complexity index is 659. The summed E-state index contributed by atoms with van der Waals surface area (Å²) in [5, 5.41) is 24.5. The SMILES string of the molecule is O=[N+]([O-])c1cc(Br)cc(/C=N/Nc2ccccc2)c1O. The molecule has 2 rings (SSSR count). The molecule has 0 aliphatic carbocycles. The van der Waals surface area contributed by atoms with Gasteiger partial charge in [-0.05, 0) is 18.2 Å². The Kier molecular flexibility index (Phi) is 4.31. The molecule has 0 heterocycles. The Balaban J connectivity index is 2.23. The molecular formula is C13H10BrN3O3. The first-order valence-electron chi connectivity index (χ1n) is 5.59. The van der Waals surface area contributed by atoms with E-state index in [-0.39, 0.29) is 11.3 Å². The highest BCUT2D eigenvalue weighted by Gasteiger charge is 2.17. The van der Waals surface area contributed by atoms with Crippen molar-refractivity contribution in [3.63, 3.8) is 0 Å². The summed E-state index contributed by atoms with van der Waals surface area (Å²) < 4.78 is 0.489. The van der Waals surface area contributed by atoms with Crippen LogP contribution in [0.3, 0.4) is 0 Å². The largest absolute Gasteiger partial charge is 0.502 e. The maximum atomic E-state index is 10.8. The number of anilines is 1. The lowest BCUT2D eigenvalue weighted by molar-refractivity contribution is -0.385. The van der Waals surface area contributed by atoms with Gasteiger partial charge in [-0.25, -0.2) is 0 Å². The standard InChI is InChI=1S/C13H10BrN3O3/c14-10-6-9(13(18)12(7-10)17(19)20)8-15-16-11-4-2-1-3-5-11/h1-8,16,18H/b15-8+. The molecule has 0 aliphatic rings. The van der Waals surface area contributed by atoms with Crippen LogP contribution in [-0.4, -0.2) is 16.2 Å². The first-order valence-corrected chi connectivity index (χ1v) is 6.38. The van der Waals surface area contributed by atoms with Crippen molar-refractivity contribution >= 4 is 33.5 Å². The van der Waals surface area contributed by atoms with Crippen LogP contribution in [0.25, 0.3) is 0 Å². The van der Waals surface area contributed by atoms with Crippen LogP contribution < -0.4 is 5.43 Å². The number of halogens is 1. The van der Waals surface area contributed by atoms with Gasteiger partial charge >= 0.3 is 5.69 Å². The van der Waals surface area contributed by atoms with Crippen LogP contribution in [-0.2, 0) is 0 Å². The number of para-hydroxylation sites is 1. The van der Waals surface area contributed by atoms with E-state index in [1.165, 1.54) is 12.3 Å². The van der Waals surface area contributed by atoms with Crippen LogP contribution >= 0.6 is 15.9 Å². The number of aromatic hydroxyl groups is 1. The number of nitrogens with zero attached hydrogens (tertiary/aromatic N) is 2. The van der Waals surface area contributed by atoms with Crippen LogP contribution in [0, 0.1) is 10.1 Å². The lowest BCUT2D eigenvalue weighted by Gasteiger charge is -2.02. The highest BCUT2D eigenvalue weighted by molar-refractivity contribution is 9.10. The molecule has 0 bridgehead atoms. The van der Waals surface area contributed by atoms with Crippen LogP contribution in [0.2, 0.25) is 0 Å². The molecule has 0 aliphatic heterocycles. The van der Waals surface area contributed by atoms with Gasteiger partial charge in [-0.2, -0.15) is 5.10 Å². The third-order valence-corrected chi connectivity index (χ3v) is 2.91. The van der Waals surface area contributed by atoms with Crippen molar-refractivity contribution in [3.8, 4) is 5.75 Å². The molecule has 0 atom stereocenters. The van der Waals surface area contributed by atoms with Crippen LogP contribution in [0.5, 0.6) is 5.75 Å². The molecule has 0 unspecified atom stereocenters. The van der Waals surface area contributed by atoms with Gasteiger partial charge in [0.05, 0.1) is 16.8 Å². The van der Waals surface area contributed by atoms with Gasteiger partial charge in [0.1, 0.15) is 0 Å². The summed E-state index contributed by atoms with van der Waals surface area (Å²) in [5.41, 5.74) is 3.40. The number of rotatable bonds is 4. The normalized spacial score (nSPS) is 10.7. The molecule has 0 saturated carbocycles. The van der Waals surface area contributed by atoms with E-state index in [1.807, 2.05) is 30.3 Å². The van der Waals surface area contributed by atoms with Crippen molar-refractivity contribution in [2.75, 3.05) is 5.43 Å². The number of nitro groups is 1. The monoisotopic (exact) mass is 335 g/mol. The molecule has 7 heteroatoms. The molecule has 0 spiro atoms. The molecule has 0 saturated heterocycles. The van der Waals surface area contributed by atoms with Gasteiger partial charge < -0.3 is 5.11 Å². The van der Waals surface area contributed by atoms with Crippen LogP contribution in [0.1, 0.15) is 5.56 Å². The number of phenolic OH excluding ortho intramolecular Hbond substituents is 1. The first kappa shape index (κ1) is 14.0. The summed E-state index contributed by atoms with van der Waals surface area (Å²) in [5.74, 6) is -0.420. The fraction of sp³-hybridized carbons (Fsp3) is 0. The summed E-state index contributed by atoms with van der Waals surface area (Å²) in [6, 6.07) is 12.0. The van der Waals surface area contributed by atoms with E-state index < -0.39 is 10.7 Å². The van der Waals surface area contributed by atoms with Gasteiger partial charge in [-0.1, -0.05) is 34.1 Å². The fourth-order valence-corrected chi connectivity index (χ4v) is 2.00. The quantitative estimate of drug-likeness (QED) is 0.508. The summed E-state index contributed by atoms with van der Waals surface area (Å²) >= 11 is 3.15.